The number of rotatable bonds is 1. The molecule has 0 spiro atoms. The van der Waals surface area contributed by atoms with Crippen molar-refractivity contribution in [3.8, 4) is 0 Å². The van der Waals surface area contributed by atoms with Gasteiger partial charge in [-0.15, -0.1) is 0 Å². The van der Waals surface area contributed by atoms with Crippen molar-refractivity contribution in [3.63, 3.8) is 0 Å². The number of halogens is 2. The largest absolute Gasteiger partial charge is 0.365 e. The first-order valence-electron chi connectivity index (χ1n) is 4.66. The highest BCUT2D eigenvalue weighted by atomic mass is 19.2. The zero-order valence-electron chi connectivity index (χ0n) is 7.99. The van der Waals surface area contributed by atoms with Crippen LogP contribution >= 0.6 is 0 Å². The summed E-state index contributed by atoms with van der Waals surface area (Å²) in [5.41, 5.74) is -1.79. The highest BCUT2D eigenvalue weighted by molar-refractivity contribution is 6.14. The minimum Gasteiger partial charge on any atom is -0.365 e. The van der Waals surface area contributed by atoms with Crippen LogP contribution in [0, 0.1) is 0 Å². The van der Waals surface area contributed by atoms with Crippen LogP contribution in [-0.4, -0.2) is 26.4 Å². The number of hydrogen-bond acceptors (Lipinski definition) is 2. The van der Waals surface area contributed by atoms with Crippen molar-refractivity contribution in [2.75, 3.05) is 6.61 Å². The van der Waals surface area contributed by atoms with Gasteiger partial charge in [-0.25, -0.2) is 8.78 Å². The maximum atomic E-state index is 13.8. The van der Waals surface area contributed by atoms with E-state index in [2.05, 4.69) is 0 Å². The molecular formula is C10H10BF2NO. The van der Waals surface area contributed by atoms with E-state index in [1.54, 1.807) is 30.3 Å². The summed E-state index contributed by atoms with van der Waals surface area (Å²) >= 11 is 0. The molecule has 1 aliphatic heterocycles. The fourth-order valence-electron chi connectivity index (χ4n) is 1.63. The molecule has 1 heterocycles. The van der Waals surface area contributed by atoms with E-state index in [0.29, 0.717) is 5.56 Å². The van der Waals surface area contributed by atoms with Crippen LogP contribution in [-0.2, 0) is 4.74 Å². The van der Waals surface area contributed by atoms with Crippen molar-refractivity contribution in [1.29, 1.82) is 0 Å². The van der Waals surface area contributed by atoms with Gasteiger partial charge in [-0.05, 0) is 5.56 Å². The second-order valence-corrected chi connectivity index (χ2v) is 3.50. The van der Waals surface area contributed by atoms with Gasteiger partial charge in [-0.1, -0.05) is 30.3 Å². The second kappa shape index (κ2) is 3.91. The van der Waals surface area contributed by atoms with Crippen LogP contribution in [0.2, 0.25) is 0 Å². The third kappa shape index (κ3) is 2.18. The van der Waals surface area contributed by atoms with E-state index in [1.807, 2.05) is 5.32 Å². The van der Waals surface area contributed by atoms with Gasteiger partial charge in [0.05, 0.1) is 6.61 Å². The van der Waals surface area contributed by atoms with Gasteiger partial charge >= 0.3 is 0 Å². The van der Waals surface area contributed by atoms with E-state index in [1.165, 1.54) is 0 Å². The van der Waals surface area contributed by atoms with Crippen LogP contribution in [0.5, 0.6) is 0 Å². The highest BCUT2D eigenvalue weighted by Gasteiger charge is 2.41. The first-order chi connectivity index (χ1) is 7.09. The van der Waals surface area contributed by atoms with Gasteiger partial charge in [0.25, 0.3) is 0 Å². The highest BCUT2D eigenvalue weighted by Crippen LogP contribution is 2.32. The van der Waals surface area contributed by atoms with E-state index >= 15 is 0 Å². The molecule has 1 N–H and O–H groups in total. The van der Waals surface area contributed by atoms with Gasteiger partial charge in [0.2, 0.25) is 0 Å². The van der Waals surface area contributed by atoms with Crippen LogP contribution in [0.1, 0.15) is 11.7 Å². The van der Waals surface area contributed by atoms with Crippen molar-refractivity contribution in [2.24, 2.45) is 0 Å². The molecule has 78 valence electrons. The Morgan fingerprint density at radius 3 is 2.67 bits per heavy atom. The molecule has 1 saturated heterocycles. The third-order valence-electron chi connectivity index (χ3n) is 2.27. The molecule has 15 heavy (non-hydrogen) atoms. The predicted octanol–water partition coefficient (Wildman–Crippen LogP) is 1.43. The van der Waals surface area contributed by atoms with Crippen LogP contribution < -0.4 is 5.32 Å². The number of alkyl halides is 2. The maximum absolute atomic E-state index is 13.8. The third-order valence-corrected chi connectivity index (χ3v) is 2.27. The summed E-state index contributed by atoms with van der Waals surface area (Å²) in [6.45, 7) is -0.206. The lowest BCUT2D eigenvalue weighted by Crippen LogP contribution is -2.56. The van der Waals surface area contributed by atoms with E-state index < -0.39 is 18.1 Å². The second-order valence-electron chi connectivity index (χ2n) is 3.50. The fourth-order valence-corrected chi connectivity index (χ4v) is 1.63. The van der Waals surface area contributed by atoms with E-state index in [0.717, 1.165) is 0 Å². The Kier molecular flexibility index (Phi) is 2.75. The Bertz CT molecular complexity index is 333. The molecule has 1 fully saturated rings. The van der Waals surface area contributed by atoms with Crippen LogP contribution in [0.3, 0.4) is 0 Å². The monoisotopic (exact) mass is 209 g/mol. The molecule has 2 rings (SSSR count). The average Bonchev–Trinajstić information content (AvgIpc) is 2.17. The van der Waals surface area contributed by atoms with Crippen molar-refractivity contribution < 1.29 is 13.5 Å². The normalized spacial score (nSPS) is 36.4. The maximum Gasteiger partial charge on any atom is 0.176 e. The van der Waals surface area contributed by atoms with Gasteiger partial charge in [-0.3, -0.25) is 5.32 Å². The Morgan fingerprint density at radius 2 is 2.07 bits per heavy atom. The summed E-state index contributed by atoms with van der Waals surface area (Å²) < 4.78 is 31.6. The number of ether oxygens (including phenoxy) is 1. The molecule has 2 radical (unpaired) electrons. The zero-order chi connectivity index (χ0) is 10.9. The quantitative estimate of drug-likeness (QED) is 0.558. The standard InChI is InChI=1S/C10H10BF2NO/c11-10(13)9(15-6-8(12)14-10)7-4-2-1-3-5-7/h1-5,8-9,14H,6H2. The zero-order valence-corrected chi connectivity index (χ0v) is 7.99. The summed E-state index contributed by atoms with van der Waals surface area (Å²) in [7, 11) is 5.30. The Morgan fingerprint density at radius 1 is 1.40 bits per heavy atom. The summed E-state index contributed by atoms with van der Waals surface area (Å²) in [6.07, 6.45) is -2.55. The first-order valence-corrected chi connectivity index (χ1v) is 4.66. The van der Waals surface area contributed by atoms with E-state index in [4.69, 9.17) is 12.6 Å². The van der Waals surface area contributed by atoms with E-state index in [9.17, 15) is 8.78 Å². The smallest absolute Gasteiger partial charge is 0.176 e. The van der Waals surface area contributed by atoms with Crippen molar-refractivity contribution in [1.82, 2.24) is 5.32 Å². The van der Waals surface area contributed by atoms with Gasteiger partial charge < -0.3 is 4.74 Å². The topological polar surface area (TPSA) is 21.3 Å². The fraction of sp³-hybridized carbons (Fsp3) is 0.400. The van der Waals surface area contributed by atoms with Crippen molar-refractivity contribution >= 4 is 7.85 Å². The molecular weight excluding hydrogens is 199 g/mol. The summed E-state index contributed by atoms with van der Waals surface area (Å²) in [5.74, 6) is 0. The van der Waals surface area contributed by atoms with Gasteiger partial charge in [0.1, 0.15) is 19.6 Å². The van der Waals surface area contributed by atoms with Gasteiger partial charge in [0.15, 0.2) is 6.30 Å². The molecule has 3 atom stereocenters. The van der Waals surface area contributed by atoms with E-state index in [-0.39, 0.29) is 6.61 Å². The number of benzene rings is 1. The van der Waals surface area contributed by atoms with Crippen molar-refractivity contribution in [3.05, 3.63) is 35.9 Å². The molecule has 0 aromatic heterocycles. The molecule has 2 nitrogen and oxygen atoms in total. The molecule has 1 aromatic carbocycles. The molecule has 0 amide bonds. The van der Waals surface area contributed by atoms with Gasteiger partial charge in [-0.2, -0.15) is 0 Å². The average molecular weight is 209 g/mol. The Labute approximate surface area is 88.0 Å². The Hall–Kier alpha value is -0.935. The van der Waals surface area contributed by atoms with Crippen LogP contribution in [0.4, 0.5) is 8.78 Å². The lowest BCUT2D eigenvalue weighted by molar-refractivity contribution is -0.118. The molecule has 0 aliphatic carbocycles. The lowest BCUT2D eigenvalue weighted by atomic mass is 9.82. The molecule has 5 heteroatoms. The van der Waals surface area contributed by atoms with Crippen molar-refractivity contribution in [2.45, 2.75) is 18.1 Å². The van der Waals surface area contributed by atoms with Crippen LogP contribution in [0.15, 0.2) is 30.3 Å². The molecule has 3 unspecified atom stereocenters. The summed E-state index contributed by atoms with van der Waals surface area (Å²) in [6, 6.07) is 8.67. The summed E-state index contributed by atoms with van der Waals surface area (Å²) in [5, 5.41) is 2.02. The summed E-state index contributed by atoms with van der Waals surface area (Å²) in [4.78, 5) is 0. The Balaban J connectivity index is 2.23. The van der Waals surface area contributed by atoms with Gasteiger partial charge in [0, 0.05) is 0 Å². The number of morpholine rings is 1. The number of nitrogens with one attached hydrogen (secondary N) is 1. The SMILES string of the molecule is [B]C1(F)NC(F)COC1c1ccccc1. The first kappa shape index (κ1) is 10.6. The number of hydrogen-bond donors (Lipinski definition) is 1. The van der Waals surface area contributed by atoms with Crippen LogP contribution in [0.25, 0.3) is 0 Å². The lowest BCUT2D eigenvalue weighted by Gasteiger charge is -2.38. The molecule has 0 bridgehead atoms. The minimum atomic E-state index is -2.38. The predicted molar refractivity (Wildman–Crippen MR) is 52.8 cm³/mol. The molecule has 1 aliphatic rings. The minimum absolute atomic E-state index is 0.206. The molecule has 0 saturated carbocycles. The molecule has 1 aromatic rings.